The van der Waals surface area contributed by atoms with Gasteiger partial charge >= 0.3 is 0 Å². The highest BCUT2D eigenvalue weighted by atomic mass is 16.2. The molecule has 0 aromatic heterocycles. The summed E-state index contributed by atoms with van der Waals surface area (Å²) in [5.41, 5.74) is 0. The molecule has 2 amide bonds. The number of carbonyl (C=O) groups is 3. The molecule has 0 aliphatic carbocycles. The summed E-state index contributed by atoms with van der Waals surface area (Å²) in [6.45, 7) is 0.904. The van der Waals surface area contributed by atoms with Gasteiger partial charge in [0.2, 0.25) is 12.7 Å². The summed E-state index contributed by atoms with van der Waals surface area (Å²) in [6.07, 6.45) is 1.42. The summed E-state index contributed by atoms with van der Waals surface area (Å²) in [5, 5.41) is 4.75. The minimum Gasteiger partial charge on any atom is -0.359 e. The van der Waals surface area contributed by atoms with E-state index in [0.717, 1.165) is 0 Å². The lowest BCUT2D eigenvalue weighted by Crippen LogP contribution is -2.27. The number of hydrogen-bond acceptors (Lipinski definition) is 3. The van der Waals surface area contributed by atoms with Crippen LogP contribution in [0.1, 0.15) is 6.42 Å². The van der Waals surface area contributed by atoms with Crippen molar-refractivity contribution in [3.8, 4) is 0 Å². The molecule has 0 fully saturated rings. The second-order valence-corrected chi connectivity index (χ2v) is 1.83. The Hall–Kier alpha value is -1.39. The first-order chi connectivity index (χ1) is 5.31. The molecule has 0 aromatic carbocycles. The van der Waals surface area contributed by atoms with Crippen molar-refractivity contribution in [3.05, 3.63) is 0 Å². The summed E-state index contributed by atoms with van der Waals surface area (Å²) in [5.74, 6) is -0.629. The van der Waals surface area contributed by atoms with Crippen LogP contribution in [0, 0.1) is 0 Å². The normalized spacial score (nSPS) is 8.36. The Labute approximate surface area is 64.1 Å². The van der Waals surface area contributed by atoms with Gasteiger partial charge in [0, 0.05) is 13.1 Å². The lowest BCUT2D eigenvalue weighted by atomic mass is 10.4. The third kappa shape index (κ3) is 6.50. The largest absolute Gasteiger partial charge is 0.359 e. The molecule has 5 heteroatoms. The second kappa shape index (κ2) is 6.73. The van der Waals surface area contributed by atoms with Crippen LogP contribution in [-0.2, 0) is 14.4 Å². The van der Waals surface area contributed by atoms with Crippen LogP contribution < -0.4 is 10.6 Å². The molecule has 0 aliphatic rings. The van der Waals surface area contributed by atoms with Crippen LogP contribution in [0.2, 0.25) is 0 Å². The molecule has 62 valence electrons. The summed E-state index contributed by atoms with van der Waals surface area (Å²) in [7, 11) is 0. The molecular formula is C6H10N2O3. The summed E-state index contributed by atoms with van der Waals surface area (Å²) >= 11 is 0. The van der Waals surface area contributed by atoms with Crippen LogP contribution in [0.3, 0.4) is 0 Å². The fourth-order valence-electron chi connectivity index (χ4n) is 0.503. The molecule has 0 bridgehead atoms. The predicted octanol–water partition coefficient (Wildman–Crippen LogP) is -1.56. The Morgan fingerprint density at radius 2 is 2.00 bits per heavy atom. The molecular weight excluding hydrogens is 148 g/mol. The van der Waals surface area contributed by atoms with Gasteiger partial charge in [0.1, 0.15) is 0 Å². The van der Waals surface area contributed by atoms with Gasteiger partial charge < -0.3 is 10.6 Å². The Morgan fingerprint density at radius 1 is 1.27 bits per heavy atom. The van der Waals surface area contributed by atoms with Crippen molar-refractivity contribution < 1.29 is 14.4 Å². The van der Waals surface area contributed by atoms with E-state index in [1.807, 2.05) is 0 Å². The average molecular weight is 158 g/mol. The van der Waals surface area contributed by atoms with E-state index in [4.69, 9.17) is 0 Å². The summed E-state index contributed by atoms with van der Waals surface area (Å²) in [4.78, 5) is 29.7. The number of amides is 2. The van der Waals surface area contributed by atoms with Crippen LogP contribution in [0.4, 0.5) is 0 Å². The van der Waals surface area contributed by atoms with E-state index in [9.17, 15) is 14.4 Å². The molecule has 0 atom stereocenters. The lowest BCUT2D eigenvalue weighted by Gasteiger charge is -1.98. The summed E-state index contributed by atoms with van der Waals surface area (Å²) in [6, 6.07) is 0. The van der Waals surface area contributed by atoms with Gasteiger partial charge in [-0.05, 0) is 6.42 Å². The maximum Gasteiger partial charge on any atom is 0.284 e. The van der Waals surface area contributed by atoms with Crippen LogP contribution >= 0.6 is 0 Å². The molecule has 0 rings (SSSR count). The van der Waals surface area contributed by atoms with Crippen LogP contribution in [0.15, 0.2) is 0 Å². The van der Waals surface area contributed by atoms with Gasteiger partial charge in [0.15, 0.2) is 0 Å². The highest BCUT2D eigenvalue weighted by molar-refractivity contribution is 6.23. The van der Waals surface area contributed by atoms with Gasteiger partial charge in [-0.25, -0.2) is 0 Å². The first kappa shape index (κ1) is 9.61. The Kier molecular flexibility index (Phi) is 5.88. The zero-order valence-corrected chi connectivity index (χ0v) is 6.00. The van der Waals surface area contributed by atoms with E-state index < -0.39 is 5.91 Å². The molecule has 5 nitrogen and oxygen atoms in total. The lowest BCUT2D eigenvalue weighted by molar-refractivity contribution is -0.131. The third-order valence-electron chi connectivity index (χ3n) is 0.987. The van der Waals surface area contributed by atoms with E-state index in [1.54, 1.807) is 0 Å². The molecule has 0 radical (unpaired) electrons. The van der Waals surface area contributed by atoms with Crippen molar-refractivity contribution in [1.29, 1.82) is 0 Å². The fourth-order valence-corrected chi connectivity index (χ4v) is 0.503. The highest BCUT2D eigenvalue weighted by Gasteiger charge is 1.93. The fraction of sp³-hybridized carbons (Fsp3) is 0.500. The maximum atomic E-state index is 10.3. The van der Waals surface area contributed by atoms with Gasteiger partial charge in [0.25, 0.3) is 5.91 Å². The minimum atomic E-state index is -0.629. The molecule has 0 spiro atoms. The van der Waals surface area contributed by atoms with Crippen LogP contribution in [-0.4, -0.2) is 31.7 Å². The second-order valence-electron chi connectivity index (χ2n) is 1.83. The molecule has 0 saturated heterocycles. The SMILES string of the molecule is O=CNCCCNC(=O)C=O. The van der Waals surface area contributed by atoms with E-state index in [0.29, 0.717) is 25.9 Å². The van der Waals surface area contributed by atoms with Crippen molar-refractivity contribution >= 4 is 18.6 Å². The first-order valence-corrected chi connectivity index (χ1v) is 3.21. The van der Waals surface area contributed by atoms with Gasteiger partial charge in [-0.1, -0.05) is 0 Å². The van der Waals surface area contributed by atoms with Gasteiger partial charge in [0.05, 0.1) is 0 Å². The smallest absolute Gasteiger partial charge is 0.284 e. The number of hydrogen-bond donors (Lipinski definition) is 2. The van der Waals surface area contributed by atoms with E-state index in [1.165, 1.54) is 0 Å². The standard InChI is InChI=1S/C6H10N2O3/c9-4-6(11)8-3-1-2-7-5-10/h4-5H,1-3H2,(H,7,10)(H,8,11). The Morgan fingerprint density at radius 3 is 2.55 bits per heavy atom. The molecule has 11 heavy (non-hydrogen) atoms. The number of nitrogens with one attached hydrogen (secondary N) is 2. The van der Waals surface area contributed by atoms with Gasteiger partial charge in [-0.2, -0.15) is 0 Å². The maximum absolute atomic E-state index is 10.3. The monoisotopic (exact) mass is 158 g/mol. The van der Waals surface area contributed by atoms with E-state index >= 15 is 0 Å². The first-order valence-electron chi connectivity index (χ1n) is 3.21. The third-order valence-corrected chi connectivity index (χ3v) is 0.987. The van der Waals surface area contributed by atoms with Gasteiger partial charge in [-0.3, -0.25) is 14.4 Å². The van der Waals surface area contributed by atoms with Crippen molar-refractivity contribution in [2.24, 2.45) is 0 Å². The molecule has 2 N–H and O–H groups in total. The van der Waals surface area contributed by atoms with Crippen LogP contribution in [0.25, 0.3) is 0 Å². The number of rotatable bonds is 6. The average Bonchev–Trinajstić information content (AvgIpc) is 2.04. The number of aldehydes is 1. The van der Waals surface area contributed by atoms with E-state index in [2.05, 4.69) is 10.6 Å². The molecule has 0 aliphatic heterocycles. The van der Waals surface area contributed by atoms with Crippen molar-refractivity contribution in [1.82, 2.24) is 10.6 Å². The van der Waals surface area contributed by atoms with Crippen LogP contribution in [0.5, 0.6) is 0 Å². The minimum absolute atomic E-state index is 0.215. The topological polar surface area (TPSA) is 75.3 Å². The Balaban J connectivity index is 3.07. The molecule has 0 unspecified atom stereocenters. The van der Waals surface area contributed by atoms with E-state index in [-0.39, 0.29) is 6.29 Å². The number of carbonyl (C=O) groups excluding carboxylic acids is 3. The predicted molar refractivity (Wildman–Crippen MR) is 37.8 cm³/mol. The quantitative estimate of drug-likeness (QED) is 0.279. The van der Waals surface area contributed by atoms with Gasteiger partial charge in [-0.15, -0.1) is 0 Å². The molecule has 0 saturated carbocycles. The highest BCUT2D eigenvalue weighted by Crippen LogP contribution is 1.70. The molecule has 0 heterocycles. The summed E-state index contributed by atoms with van der Waals surface area (Å²) < 4.78 is 0. The van der Waals surface area contributed by atoms with Crippen molar-refractivity contribution in [2.75, 3.05) is 13.1 Å². The molecule has 0 aromatic rings. The van der Waals surface area contributed by atoms with Crippen molar-refractivity contribution in [2.45, 2.75) is 6.42 Å². The van der Waals surface area contributed by atoms with Crippen molar-refractivity contribution in [3.63, 3.8) is 0 Å². The Bertz CT molecular complexity index is 147. The zero-order valence-electron chi connectivity index (χ0n) is 6.00. The zero-order chi connectivity index (χ0) is 8.53.